The number of rotatable bonds is 4. The molecule has 0 unspecified atom stereocenters. The van der Waals surface area contributed by atoms with E-state index in [2.05, 4.69) is 4.98 Å². The number of fused-ring (bicyclic) bond motifs is 1. The van der Waals surface area contributed by atoms with Gasteiger partial charge in [0.1, 0.15) is 11.3 Å². The molecule has 6 nitrogen and oxygen atoms in total. The Kier molecular flexibility index (Phi) is 4.46. The molecular weight excluding hydrogens is 344 g/mol. The minimum absolute atomic E-state index is 0.106. The van der Waals surface area contributed by atoms with Crippen LogP contribution in [-0.2, 0) is 9.59 Å². The molecule has 27 heavy (non-hydrogen) atoms. The minimum atomic E-state index is -0.540. The van der Waals surface area contributed by atoms with Crippen LogP contribution in [0.15, 0.2) is 60.8 Å². The molecule has 0 aliphatic carbocycles. The van der Waals surface area contributed by atoms with Crippen molar-refractivity contribution < 1.29 is 19.1 Å². The largest absolute Gasteiger partial charge is 0.495 e. The van der Waals surface area contributed by atoms with Gasteiger partial charge in [-0.05, 0) is 24.3 Å². The summed E-state index contributed by atoms with van der Waals surface area (Å²) in [6.45, 7) is 0.260. The molecule has 2 heterocycles. The van der Waals surface area contributed by atoms with E-state index in [1.54, 1.807) is 36.4 Å². The van der Waals surface area contributed by atoms with Crippen molar-refractivity contribution in [1.82, 2.24) is 4.98 Å². The van der Waals surface area contributed by atoms with Crippen molar-refractivity contribution >= 4 is 28.5 Å². The van der Waals surface area contributed by atoms with Crippen LogP contribution < -0.4 is 14.4 Å². The smallest absolute Gasteiger partial charge is 0.316 e. The first kappa shape index (κ1) is 17.0. The van der Waals surface area contributed by atoms with Crippen LogP contribution in [0.4, 0.5) is 5.69 Å². The Morgan fingerprint density at radius 1 is 1.07 bits per heavy atom. The maximum Gasteiger partial charge on any atom is 0.316 e. The minimum Gasteiger partial charge on any atom is -0.495 e. The van der Waals surface area contributed by atoms with Crippen molar-refractivity contribution in [2.24, 2.45) is 5.92 Å². The number of esters is 1. The second kappa shape index (κ2) is 7.07. The van der Waals surface area contributed by atoms with E-state index >= 15 is 0 Å². The Labute approximate surface area is 156 Å². The van der Waals surface area contributed by atoms with E-state index in [4.69, 9.17) is 9.47 Å². The van der Waals surface area contributed by atoms with Crippen LogP contribution in [0.2, 0.25) is 0 Å². The van der Waals surface area contributed by atoms with Crippen molar-refractivity contribution in [3.63, 3.8) is 0 Å². The van der Waals surface area contributed by atoms with E-state index in [0.717, 1.165) is 5.39 Å². The van der Waals surface area contributed by atoms with Crippen LogP contribution in [0, 0.1) is 5.92 Å². The van der Waals surface area contributed by atoms with Gasteiger partial charge in [-0.15, -0.1) is 0 Å². The van der Waals surface area contributed by atoms with Gasteiger partial charge in [-0.3, -0.25) is 14.6 Å². The summed E-state index contributed by atoms with van der Waals surface area (Å²) < 4.78 is 10.9. The highest BCUT2D eigenvalue weighted by Gasteiger charge is 2.37. The van der Waals surface area contributed by atoms with Gasteiger partial charge in [-0.2, -0.15) is 0 Å². The molecular formula is C21H18N2O4. The first-order valence-electron chi connectivity index (χ1n) is 8.66. The zero-order chi connectivity index (χ0) is 18.8. The first-order chi connectivity index (χ1) is 13.2. The summed E-state index contributed by atoms with van der Waals surface area (Å²) in [5.41, 5.74) is 1.28. The molecule has 1 aromatic heterocycles. The molecule has 1 aliphatic rings. The second-order valence-corrected chi connectivity index (χ2v) is 6.33. The molecule has 2 aromatic carbocycles. The molecule has 6 heteroatoms. The fourth-order valence-electron chi connectivity index (χ4n) is 3.30. The number of hydrogen-bond donors (Lipinski definition) is 0. The Bertz CT molecular complexity index is 1010. The van der Waals surface area contributed by atoms with Gasteiger partial charge in [-0.25, -0.2) is 0 Å². The number of ether oxygens (including phenoxy) is 2. The SMILES string of the molecule is COc1ccccc1N1C[C@H](C(=O)Oc2cccc3cccnc23)CC1=O. The second-order valence-electron chi connectivity index (χ2n) is 6.33. The highest BCUT2D eigenvalue weighted by molar-refractivity contribution is 6.01. The zero-order valence-electron chi connectivity index (χ0n) is 14.8. The lowest BCUT2D eigenvalue weighted by Gasteiger charge is -2.19. The molecule has 136 valence electrons. The summed E-state index contributed by atoms with van der Waals surface area (Å²) in [5, 5.41) is 0.890. The van der Waals surface area contributed by atoms with Crippen LogP contribution in [0.1, 0.15) is 6.42 Å². The van der Waals surface area contributed by atoms with Gasteiger partial charge < -0.3 is 14.4 Å². The van der Waals surface area contributed by atoms with Crippen LogP contribution in [0.25, 0.3) is 10.9 Å². The predicted molar refractivity (Wildman–Crippen MR) is 101 cm³/mol. The highest BCUT2D eigenvalue weighted by atomic mass is 16.5. The number of aromatic nitrogens is 1. The van der Waals surface area contributed by atoms with Crippen LogP contribution >= 0.6 is 0 Å². The third-order valence-corrected chi connectivity index (χ3v) is 4.64. The topological polar surface area (TPSA) is 68.7 Å². The summed E-state index contributed by atoms with van der Waals surface area (Å²) in [6.07, 6.45) is 1.76. The van der Waals surface area contributed by atoms with Gasteiger partial charge in [0, 0.05) is 24.5 Å². The average molecular weight is 362 g/mol. The Morgan fingerprint density at radius 3 is 2.70 bits per heavy atom. The number of anilines is 1. The van der Waals surface area contributed by atoms with Crippen molar-refractivity contribution in [2.75, 3.05) is 18.6 Å². The van der Waals surface area contributed by atoms with E-state index in [1.165, 1.54) is 0 Å². The summed E-state index contributed by atoms with van der Waals surface area (Å²) in [7, 11) is 1.55. The molecule has 4 rings (SSSR count). The molecule has 0 N–H and O–H groups in total. The van der Waals surface area contributed by atoms with Crippen molar-refractivity contribution in [2.45, 2.75) is 6.42 Å². The molecule has 1 aliphatic heterocycles. The lowest BCUT2D eigenvalue weighted by molar-refractivity contribution is -0.139. The Morgan fingerprint density at radius 2 is 1.85 bits per heavy atom. The Balaban J connectivity index is 1.54. The lowest BCUT2D eigenvalue weighted by Crippen LogP contribution is -2.27. The first-order valence-corrected chi connectivity index (χ1v) is 8.66. The van der Waals surface area contributed by atoms with Gasteiger partial charge >= 0.3 is 5.97 Å². The van der Waals surface area contributed by atoms with E-state index in [9.17, 15) is 9.59 Å². The zero-order valence-corrected chi connectivity index (χ0v) is 14.8. The summed E-state index contributed by atoms with van der Waals surface area (Å²) in [5.74, 6) is -0.0998. The molecule has 1 atom stereocenters. The molecule has 1 fully saturated rings. The van der Waals surface area contributed by atoms with Gasteiger partial charge in [0.05, 0.1) is 18.7 Å². The number of carbonyl (C=O) groups excluding carboxylic acids is 2. The normalized spacial score (nSPS) is 16.6. The molecule has 0 spiro atoms. The number of hydrogen-bond acceptors (Lipinski definition) is 5. The van der Waals surface area contributed by atoms with E-state index in [-0.39, 0.29) is 18.9 Å². The van der Waals surface area contributed by atoms with Crippen LogP contribution in [0.5, 0.6) is 11.5 Å². The number of methoxy groups -OCH3 is 1. The third kappa shape index (κ3) is 3.21. The molecule has 1 saturated heterocycles. The molecule has 0 bridgehead atoms. The van der Waals surface area contributed by atoms with Gasteiger partial charge in [0.25, 0.3) is 0 Å². The average Bonchev–Trinajstić information content (AvgIpc) is 3.10. The van der Waals surface area contributed by atoms with E-state index in [1.807, 2.05) is 36.4 Å². The van der Waals surface area contributed by atoms with Crippen LogP contribution in [-0.4, -0.2) is 30.5 Å². The Hall–Kier alpha value is -3.41. The van der Waals surface area contributed by atoms with Crippen molar-refractivity contribution in [3.05, 3.63) is 60.8 Å². The number of benzene rings is 2. The third-order valence-electron chi connectivity index (χ3n) is 4.64. The van der Waals surface area contributed by atoms with Crippen LogP contribution in [0.3, 0.4) is 0 Å². The lowest BCUT2D eigenvalue weighted by atomic mass is 10.1. The number of amides is 1. The monoisotopic (exact) mass is 362 g/mol. The highest BCUT2D eigenvalue weighted by Crippen LogP contribution is 2.33. The number of pyridine rings is 1. The molecule has 0 radical (unpaired) electrons. The quantitative estimate of drug-likeness (QED) is 0.527. The molecule has 0 saturated carbocycles. The maximum atomic E-state index is 12.7. The number of nitrogens with zero attached hydrogens (tertiary/aromatic N) is 2. The molecule has 1 amide bonds. The van der Waals surface area contributed by atoms with Gasteiger partial charge in [0.2, 0.25) is 5.91 Å². The summed E-state index contributed by atoms with van der Waals surface area (Å²) in [4.78, 5) is 31.0. The maximum absolute atomic E-state index is 12.7. The summed E-state index contributed by atoms with van der Waals surface area (Å²) in [6, 6.07) is 16.4. The number of para-hydroxylation sites is 3. The van der Waals surface area contributed by atoms with Crippen molar-refractivity contribution in [1.29, 1.82) is 0 Å². The fourth-order valence-corrected chi connectivity index (χ4v) is 3.30. The van der Waals surface area contributed by atoms with Crippen molar-refractivity contribution in [3.8, 4) is 11.5 Å². The van der Waals surface area contributed by atoms with Gasteiger partial charge in [0.15, 0.2) is 5.75 Å². The molecule has 3 aromatic rings. The van der Waals surface area contributed by atoms with Gasteiger partial charge in [-0.1, -0.05) is 30.3 Å². The summed E-state index contributed by atoms with van der Waals surface area (Å²) >= 11 is 0. The number of carbonyl (C=O) groups is 2. The predicted octanol–water partition coefficient (Wildman–Crippen LogP) is 3.20. The van der Waals surface area contributed by atoms with E-state index in [0.29, 0.717) is 22.7 Å². The van der Waals surface area contributed by atoms with E-state index < -0.39 is 11.9 Å². The standard InChI is InChI=1S/C21H18N2O4/c1-26-17-9-3-2-8-16(17)23-13-15(12-19(23)24)21(25)27-18-10-4-6-14-7-5-11-22-20(14)18/h2-11,15H,12-13H2,1H3/t15-/m1/s1. The fraction of sp³-hybridized carbons (Fsp3) is 0.190.